The number of anilines is 2. The van der Waals surface area contributed by atoms with Crippen LogP contribution in [0.15, 0.2) is 144 Å². The van der Waals surface area contributed by atoms with Crippen LogP contribution in [0.4, 0.5) is 11.4 Å². The number of para-hydroxylation sites is 1. The number of hydrogen-bond acceptors (Lipinski definition) is 5. The molecule has 0 radical (unpaired) electrons. The number of hydrogen-bond donors (Lipinski definition) is 2. The Balaban J connectivity index is 1.10. The molecule has 0 bridgehead atoms. The van der Waals surface area contributed by atoms with Crippen LogP contribution in [-0.4, -0.2) is 30.0 Å². The number of ether oxygens (including phenoxy) is 1. The highest BCUT2D eigenvalue weighted by Gasteiger charge is 2.22. The number of rotatable bonds is 11. The van der Waals surface area contributed by atoms with Crippen LogP contribution in [-0.2, 0) is 22.6 Å². The minimum absolute atomic E-state index is 0.0734. The van der Waals surface area contributed by atoms with E-state index >= 15 is 0 Å². The Bertz CT molecular complexity index is 1890. The molecule has 6 rings (SSSR count). The van der Waals surface area contributed by atoms with Gasteiger partial charge in [-0.2, -0.15) is 0 Å². The fourth-order valence-electron chi connectivity index (χ4n) is 5.36. The highest BCUT2D eigenvalue weighted by atomic mass is 32.2. The van der Waals surface area contributed by atoms with Crippen molar-refractivity contribution in [3.63, 3.8) is 0 Å². The van der Waals surface area contributed by atoms with Crippen LogP contribution in [0.3, 0.4) is 0 Å². The Hall–Kier alpha value is -5.60. The van der Waals surface area contributed by atoms with Crippen molar-refractivity contribution in [2.24, 2.45) is 0 Å². The van der Waals surface area contributed by atoms with Crippen LogP contribution in [0.5, 0.6) is 5.75 Å². The minimum atomic E-state index is -0.469. The number of benzene rings is 5. The molecule has 0 aliphatic carbocycles. The van der Waals surface area contributed by atoms with Gasteiger partial charge in [0.05, 0.1) is 5.75 Å². The van der Waals surface area contributed by atoms with Gasteiger partial charge >= 0.3 is 0 Å². The van der Waals surface area contributed by atoms with E-state index in [1.54, 1.807) is 42.5 Å². The lowest BCUT2D eigenvalue weighted by Gasteiger charge is -2.29. The number of fused-ring (bicyclic) bond motifs is 1. The molecule has 48 heavy (non-hydrogen) atoms. The second-order valence-electron chi connectivity index (χ2n) is 11.3. The fourth-order valence-corrected chi connectivity index (χ4v) is 6.13. The quantitative estimate of drug-likeness (QED) is 0.113. The zero-order valence-electron chi connectivity index (χ0n) is 26.3. The number of nitrogens with one attached hydrogen (secondary N) is 2. The van der Waals surface area contributed by atoms with Crippen molar-refractivity contribution in [1.82, 2.24) is 5.32 Å². The summed E-state index contributed by atoms with van der Waals surface area (Å²) >= 11 is 1.46. The van der Waals surface area contributed by atoms with Gasteiger partial charge in [0.1, 0.15) is 18.1 Å². The maximum atomic E-state index is 13.5. The first-order valence-electron chi connectivity index (χ1n) is 15.8. The van der Waals surface area contributed by atoms with Crippen molar-refractivity contribution in [2.45, 2.75) is 24.3 Å². The van der Waals surface area contributed by atoms with E-state index in [4.69, 9.17) is 4.74 Å². The summed E-state index contributed by atoms with van der Waals surface area (Å²) in [5.41, 5.74) is 5.08. The topological polar surface area (TPSA) is 87.7 Å². The summed E-state index contributed by atoms with van der Waals surface area (Å²) in [6.45, 7) is 1.17. The molecule has 0 aromatic heterocycles. The minimum Gasteiger partial charge on any atom is -0.489 e. The van der Waals surface area contributed by atoms with E-state index in [1.165, 1.54) is 17.3 Å². The molecule has 0 unspecified atom stereocenters. The first-order valence-corrected chi connectivity index (χ1v) is 16.8. The summed E-state index contributed by atoms with van der Waals surface area (Å²) in [5, 5.41) is 5.67. The van der Waals surface area contributed by atoms with Crippen molar-refractivity contribution < 1.29 is 19.1 Å². The van der Waals surface area contributed by atoms with E-state index < -0.39 is 11.8 Å². The molecule has 1 heterocycles. The Morgan fingerprint density at radius 3 is 2.21 bits per heavy atom. The van der Waals surface area contributed by atoms with Crippen LogP contribution in [0.1, 0.15) is 33.5 Å². The first kappa shape index (κ1) is 32.3. The summed E-state index contributed by atoms with van der Waals surface area (Å²) in [6, 6.07) is 41.4. The number of carbonyl (C=O) groups is 3. The molecular weight excluding hydrogens is 619 g/mol. The van der Waals surface area contributed by atoms with Crippen LogP contribution in [0.2, 0.25) is 0 Å². The molecule has 8 heteroatoms. The van der Waals surface area contributed by atoms with E-state index in [1.807, 2.05) is 95.9 Å². The van der Waals surface area contributed by atoms with E-state index in [0.29, 0.717) is 34.9 Å². The van der Waals surface area contributed by atoms with E-state index in [-0.39, 0.29) is 11.6 Å². The molecule has 0 saturated carbocycles. The van der Waals surface area contributed by atoms with Crippen molar-refractivity contribution >= 4 is 46.9 Å². The SMILES string of the molecule is O=C(Nc1ccc(SCC(=O)N2CCCc3ccccc32)cc1)/C(=C/c1ccc(OCc2ccccc2)cc1)NC(=O)c1ccccc1. The highest BCUT2D eigenvalue weighted by Crippen LogP contribution is 2.29. The normalized spacial score (nSPS) is 12.5. The van der Waals surface area contributed by atoms with E-state index in [9.17, 15) is 14.4 Å². The zero-order valence-corrected chi connectivity index (χ0v) is 27.1. The van der Waals surface area contributed by atoms with Gasteiger partial charge < -0.3 is 20.3 Å². The Morgan fingerprint density at radius 1 is 0.771 bits per heavy atom. The van der Waals surface area contributed by atoms with Gasteiger partial charge in [0, 0.05) is 28.4 Å². The van der Waals surface area contributed by atoms with Crippen LogP contribution in [0, 0.1) is 0 Å². The number of carbonyl (C=O) groups excluding carboxylic acids is 3. The highest BCUT2D eigenvalue weighted by molar-refractivity contribution is 8.00. The third kappa shape index (κ3) is 8.60. The number of thioether (sulfide) groups is 1. The summed E-state index contributed by atoms with van der Waals surface area (Å²) < 4.78 is 5.89. The van der Waals surface area contributed by atoms with Gasteiger partial charge in [-0.3, -0.25) is 14.4 Å². The average Bonchev–Trinajstić information content (AvgIpc) is 3.14. The summed E-state index contributed by atoms with van der Waals surface area (Å²) in [6.07, 6.45) is 3.58. The molecule has 240 valence electrons. The van der Waals surface area contributed by atoms with Crippen molar-refractivity contribution in [2.75, 3.05) is 22.5 Å². The molecule has 0 spiro atoms. The summed E-state index contributed by atoms with van der Waals surface area (Å²) in [7, 11) is 0. The zero-order chi connectivity index (χ0) is 33.1. The molecule has 2 N–H and O–H groups in total. The van der Waals surface area contributed by atoms with Gasteiger partial charge in [-0.1, -0.05) is 78.9 Å². The predicted molar refractivity (Wildman–Crippen MR) is 192 cm³/mol. The largest absolute Gasteiger partial charge is 0.489 e. The number of nitrogens with zero attached hydrogens (tertiary/aromatic N) is 1. The molecule has 1 aliphatic rings. The Labute approximate surface area is 284 Å². The van der Waals surface area contributed by atoms with Gasteiger partial charge in [0.15, 0.2) is 0 Å². The standard InChI is InChI=1S/C40H35N3O4S/c44-38(43-25-9-15-31-12-7-8-16-37(31)43)28-48-35-23-19-33(20-24-35)41-40(46)36(42-39(45)32-13-5-2-6-14-32)26-29-17-21-34(22-18-29)47-27-30-10-3-1-4-11-30/h1-8,10-14,16-24,26H,9,15,25,27-28H2,(H,41,46)(H,42,45)/b36-26-. The van der Waals surface area contributed by atoms with E-state index in [2.05, 4.69) is 16.7 Å². The number of amides is 3. The lowest BCUT2D eigenvalue weighted by atomic mass is 10.0. The second kappa shape index (κ2) is 15.8. The van der Waals surface area contributed by atoms with Crippen LogP contribution >= 0.6 is 11.8 Å². The average molecular weight is 654 g/mol. The van der Waals surface area contributed by atoms with E-state index in [0.717, 1.165) is 35.5 Å². The lowest BCUT2D eigenvalue weighted by Crippen LogP contribution is -2.36. The molecule has 1 aliphatic heterocycles. The first-order chi connectivity index (χ1) is 23.5. The predicted octanol–water partition coefficient (Wildman–Crippen LogP) is 7.75. The summed E-state index contributed by atoms with van der Waals surface area (Å²) in [4.78, 5) is 42.4. The third-order valence-electron chi connectivity index (χ3n) is 7.85. The molecule has 5 aromatic carbocycles. The molecule has 5 aromatic rings. The third-order valence-corrected chi connectivity index (χ3v) is 8.85. The molecule has 0 atom stereocenters. The van der Waals surface area contributed by atoms with Gasteiger partial charge in [-0.05, 0) is 90.2 Å². The van der Waals surface area contributed by atoms with Crippen molar-refractivity contribution in [1.29, 1.82) is 0 Å². The van der Waals surface area contributed by atoms with Gasteiger partial charge in [0.2, 0.25) is 5.91 Å². The second-order valence-corrected chi connectivity index (χ2v) is 12.3. The van der Waals surface area contributed by atoms with Crippen LogP contribution in [0.25, 0.3) is 6.08 Å². The Morgan fingerprint density at radius 2 is 1.46 bits per heavy atom. The summed E-state index contributed by atoms with van der Waals surface area (Å²) in [5.74, 6) is 0.213. The smallest absolute Gasteiger partial charge is 0.272 e. The monoisotopic (exact) mass is 653 g/mol. The van der Waals surface area contributed by atoms with Gasteiger partial charge in [0.25, 0.3) is 11.8 Å². The van der Waals surface area contributed by atoms with Gasteiger partial charge in [-0.25, -0.2) is 0 Å². The van der Waals surface area contributed by atoms with Crippen molar-refractivity contribution in [3.8, 4) is 5.75 Å². The molecule has 0 fully saturated rings. The Kier molecular flexibility index (Phi) is 10.6. The van der Waals surface area contributed by atoms with Crippen LogP contribution < -0.4 is 20.3 Å². The van der Waals surface area contributed by atoms with Crippen molar-refractivity contribution in [3.05, 3.63) is 161 Å². The maximum Gasteiger partial charge on any atom is 0.272 e. The lowest BCUT2D eigenvalue weighted by molar-refractivity contribution is -0.116. The molecule has 0 saturated heterocycles. The fraction of sp³-hybridized carbons (Fsp3) is 0.125. The maximum absolute atomic E-state index is 13.5. The molecular formula is C40H35N3O4S. The molecule has 7 nitrogen and oxygen atoms in total. The number of aryl methyl sites for hydroxylation is 1. The van der Waals surface area contributed by atoms with Gasteiger partial charge in [-0.15, -0.1) is 11.8 Å². The molecule has 3 amide bonds.